The van der Waals surface area contributed by atoms with Crippen molar-refractivity contribution in [1.29, 1.82) is 0 Å². The summed E-state index contributed by atoms with van der Waals surface area (Å²) in [6.07, 6.45) is 3.38. The van der Waals surface area contributed by atoms with E-state index in [0.29, 0.717) is 52.0 Å². The van der Waals surface area contributed by atoms with E-state index in [0.717, 1.165) is 16.0 Å². The molecule has 0 unspecified atom stereocenters. The molecule has 8 nitrogen and oxygen atoms in total. The topological polar surface area (TPSA) is 94.6 Å². The first-order valence-corrected chi connectivity index (χ1v) is 12.7. The molecule has 3 rings (SSSR count). The minimum atomic E-state index is -0.600. The van der Waals surface area contributed by atoms with Gasteiger partial charge < -0.3 is 20.4 Å². The molecule has 0 radical (unpaired) electrons. The first kappa shape index (κ1) is 26.4. The SMILES string of the molecule is C=CC(=O)NCCCC[C@H](NC(=O)Cc1ccccc1)C(=O)N1CCN(c2cccc(Br)n2)CC1. The average Bonchev–Trinajstić information content (AvgIpc) is 2.88. The molecule has 0 bridgehead atoms. The second-order valence-electron chi connectivity index (χ2n) is 8.40. The molecule has 1 aliphatic rings. The monoisotopic (exact) mass is 541 g/mol. The van der Waals surface area contributed by atoms with Crippen molar-refractivity contribution < 1.29 is 14.4 Å². The number of halogens is 1. The minimum absolute atomic E-state index is 0.0663. The van der Waals surface area contributed by atoms with Crippen molar-refractivity contribution in [2.75, 3.05) is 37.6 Å². The van der Waals surface area contributed by atoms with E-state index >= 15 is 0 Å². The number of nitrogens with zero attached hydrogens (tertiary/aromatic N) is 3. The Hall–Kier alpha value is -3.20. The summed E-state index contributed by atoms with van der Waals surface area (Å²) >= 11 is 3.41. The number of pyridine rings is 1. The molecule has 0 saturated carbocycles. The van der Waals surface area contributed by atoms with Gasteiger partial charge in [-0.2, -0.15) is 0 Å². The Kier molecular flexibility index (Phi) is 10.3. The van der Waals surface area contributed by atoms with Gasteiger partial charge in [0, 0.05) is 32.7 Å². The first-order chi connectivity index (χ1) is 17.0. The summed E-state index contributed by atoms with van der Waals surface area (Å²) < 4.78 is 0.777. The molecule has 9 heteroatoms. The van der Waals surface area contributed by atoms with Gasteiger partial charge in [0.1, 0.15) is 16.5 Å². The average molecular weight is 542 g/mol. The van der Waals surface area contributed by atoms with E-state index in [4.69, 9.17) is 0 Å². The summed E-state index contributed by atoms with van der Waals surface area (Å²) in [5.41, 5.74) is 0.901. The molecule has 1 aromatic carbocycles. The highest BCUT2D eigenvalue weighted by Gasteiger charge is 2.28. The number of nitrogens with one attached hydrogen (secondary N) is 2. The number of amides is 3. The number of hydrogen-bond donors (Lipinski definition) is 2. The number of anilines is 1. The smallest absolute Gasteiger partial charge is 0.245 e. The molecule has 1 aromatic heterocycles. The van der Waals surface area contributed by atoms with Crippen LogP contribution in [0.2, 0.25) is 0 Å². The van der Waals surface area contributed by atoms with Gasteiger partial charge in [-0.15, -0.1) is 0 Å². The van der Waals surface area contributed by atoms with Gasteiger partial charge in [0.15, 0.2) is 0 Å². The second-order valence-corrected chi connectivity index (χ2v) is 9.22. The van der Waals surface area contributed by atoms with Crippen LogP contribution < -0.4 is 15.5 Å². The summed E-state index contributed by atoms with van der Waals surface area (Å²) in [5.74, 6) is 0.419. The quantitative estimate of drug-likeness (QED) is 0.259. The lowest BCUT2D eigenvalue weighted by Crippen LogP contribution is -2.55. The molecule has 1 atom stereocenters. The maximum atomic E-state index is 13.4. The van der Waals surface area contributed by atoms with Gasteiger partial charge in [0.2, 0.25) is 17.7 Å². The molecule has 2 aromatic rings. The predicted octanol–water partition coefficient (Wildman–Crippen LogP) is 2.69. The van der Waals surface area contributed by atoms with Crippen LogP contribution in [0.15, 0.2) is 65.8 Å². The van der Waals surface area contributed by atoms with Gasteiger partial charge in [0.25, 0.3) is 0 Å². The van der Waals surface area contributed by atoms with Crippen LogP contribution >= 0.6 is 15.9 Å². The molecule has 0 aliphatic carbocycles. The van der Waals surface area contributed by atoms with Crippen LogP contribution in [0.3, 0.4) is 0 Å². The highest BCUT2D eigenvalue weighted by atomic mass is 79.9. The summed E-state index contributed by atoms with van der Waals surface area (Å²) in [6, 6.07) is 14.7. The summed E-state index contributed by atoms with van der Waals surface area (Å²) in [6.45, 7) is 6.42. The largest absolute Gasteiger partial charge is 0.353 e. The van der Waals surface area contributed by atoms with Crippen LogP contribution in [-0.4, -0.2) is 66.4 Å². The zero-order valence-electron chi connectivity index (χ0n) is 19.8. The summed E-state index contributed by atoms with van der Waals surface area (Å²) in [7, 11) is 0. The van der Waals surface area contributed by atoms with E-state index in [1.807, 2.05) is 53.4 Å². The van der Waals surface area contributed by atoms with Crippen molar-refractivity contribution in [2.24, 2.45) is 0 Å². The van der Waals surface area contributed by atoms with Gasteiger partial charge in [-0.05, 0) is 59.0 Å². The molecule has 2 heterocycles. The highest BCUT2D eigenvalue weighted by molar-refractivity contribution is 9.10. The maximum absolute atomic E-state index is 13.4. The number of benzene rings is 1. The number of carbonyl (C=O) groups is 3. The summed E-state index contributed by atoms with van der Waals surface area (Å²) in [5, 5.41) is 5.70. The Morgan fingerprint density at radius 2 is 1.77 bits per heavy atom. The van der Waals surface area contributed by atoms with E-state index in [2.05, 4.69) is 43.0 Å². The Labute approximate surface area is 214 Å². The van der Waals surface area contributed by atoms with Crippen molar-refractivity contribution in [3.05, 3.63) is 71.4 Å². The van der Waals surface area contributed by atoms with E-state index in [-0.39, 0.29) is 24.1 Å². The van der Waals surface area contributed by atoms with Gasteiger partial charge in [-0.25, -0.2) is 4.98 Å². The third-order valence-corrected chi connectivity index (χ3v) is 6.30. The van der Waals surface area contributed by atoms with E-state index in [1.54, 1.807) is 0 Å². The van der Waals surface area contributed by atoms with E-state index < -0.39 is 6.04 Å². The standard InChI is InChI=1S/C26H32BrN5O3/c1-2-24(33)28-14-7-6-11-21(29-25(34)19-20-9-4-3-5-10-20)26(35)32-17-15-31(16-18-32)23-13-8-12-22(27)30-23/h2-5,8-10,12-13,21H,1,6-7,11,14-19H2,(H,28,33)(H,29,34)/t21-/m0/s1. The van der Waals surface area contributed by atoms with Crippen molar-refractivity contribution >= 4 is 39.5 Å². The van der Waals surface area contributed by atoms with Crippen LogP contribution in [0.5, 0.6) is 0 Å². The lowest BCUT2D eigenvalue weighted by Gasteiger charge is -2.37. The zero-order valence-corrected chi connectivity index (χ0v) is 21.4. The number of unbranched alkanes of at least 4 members (excludes halogenated alkanes) is 1. The molecule has 35 heavy (non-hydrogen) atoms. The number of piperazine rings is 1. The molecule has 1 aliphatic heterocycles. The normalized spacial score (nSPS) is 14.2. The molecule has 1 fully saturated rings. The number of carbonyl (C=O) groups excluding carboxylic acids is 3. The van der Waals surface area contributed by atoms with Crippen LogP contribution in [0.4, 0.5) is 5.82 Å². The molecule has 1 saturated heterocycles. The van der Waals surface area contributed by atoms with Gasteiger partial charge in [-0.3, -0.25) is 14.4 Å². The molecule has 3 amide bonds. The number of hydrogen-bond acceptors (Lipinski definition) is 5. The Morgan fingerprint density at radius 3 is 2.46 bits per heavy atom. The van der Waals surface area contributed by atoms with Gasteiger partial charge in [0.05, 0.1) is 6.42 Å². The van der Waals surface area contributed by atoms with Crippen molar-refractivity contribution in [2.45, 2.75) is 31.7 Å². The van der Waals surface area contributed by atoms with E-state index in [9.17, 15) is 14.4 Å². The van der Waals surface area contributed by atoms with Crippen LogP contribution in [0.25, 0.3) is 0 Å². The third kappa shape index (κ3) is 8.51. The van der Waals surface area contributed by atoms with Crippen LogP contribution in [0, 0.1) is 0 Å². The fraction of sp³-hybridized carbons (Fsp3) is 0.385. The lowest BCUT2D eigenvalue weighted by atomic mass is 10.1. The lowest BCUT2D eigenvalue weighted by molar-refractivity contribution is -0.136. The van der Waals surface area contributed by atoms with Crippen LogP contribution in [0.1, 0.15) is 24.8 Å². The Balaban J connectivity index is 1.57. The Morgan fingerprint density at radius 1 is 1.03 bits per heavy atom. The summed E-state index contributed by atoms with van der Waals surface area (Å²) in [4.78, 5) is 45.9. The number of rotatable bonds is 11. The minimum Gasteiger partial charge on any atom is -0.353 e. The molecular formula is C26H32BrN5O3. The van der Waals surface area contributed by atoms with Gasteiger partial charge >= 0.3 is 0 Å². The second kappa shape index (κ2) is 13.6. The van der Waals surface area contributed by atoms with Crippen molar-refractivity contribution in [3.8, 4) is 0 Å². The molecule has 186 valence electrons. The van der Waals surface area contributed by atoms with Crippen molar-refractivity contribution in [1.82, 2.24) is 20.5 Å². The van der Waals surface area contributed by atoms with Gasteiger partial charge in [-0.1, -0.05) is 43.0 Å². The number of aromatic nitrogens is 1. The highest BCUT2D eigenvalue weighted by Crippen LogP contribution is 2.17. The molecular weight excluding hydrogens is 510 g/mol. The Bertz CT molecular complexity index is 1010. The third-order valence-electron chi connectivity index (χ3n) is 5.86. The first-order valence-electron chi connectivity index (χ1n) is 11.9. The maximum Gasteiger partial charge on any atom is 0.245 e. The zero-order chi connectivity index (χ0) is 25.0. The predicted molar refractivity (Wildman–Crippen MR) is 140 cm³/mol. The van der Waals surface area contributed by atoms with Crippen molar-refractivity contribution in [3.63, 3.8) is 0 Å². The van der Waals surface area contributed by atoms with Crippen LogP contribution in [-0.2, 0) is 20.8 Å². The fourth-order valence-electron chi connectivity index (χ4n) is 3.99. The van der Waals surface area contributed by atoms with E-state index in [1.165, 1.54) is 6.08 Å². The fourth-order valence-corrected chi connectivity index (χ4v) is 4.33. The molecule has 2 N–H and O–H groups in total. The molecule has 0 spiro atoms.